The molecule has 4 heteroatoms. The van der Waals surface area contributed by atoms with Crippen LogP contribution in [0.5, 0.6) is 0 Å². The minimum atomic E-state index is -1.07. The van der Waals surface area contributed by atoms with E-state index in [1.807, 2.05) is 6.08 Å². The summed E-state index contributed by atoms with van der Waals surface area (Å²) in [5.41, 5.74) is 0. The van der Waals surface area contributed by atoms with Crippen LogP contribution in [0.3, 0.4) is 0 Å². The standard InChI is InChI=1S/C9H18O4/c1-2-3-4-5-6-9(13-12)8(11)7-10/h5-6,8-12H,2-4,7H2,1H3/b6-5+/t8-,9-/m1/s1. The lowest BCUT2D eigenvalue weighted by Crippen LogP contribution is -2.29. The van der Waals surface area contributed by atoms with E-state index < -0.39 is 18.8 Å². The lowest BCUT2D eigenvalue weighted by Gasteiger charge is -2.13. The Morgan fingerprint density at radius 1 is 1.46 bits per heavy atom. The molecule has 4 nitrogen and oxygen atoms in total. The van der Waals surface area contributed by atoms with E-state index in [-0.39, 0.29) is 0 Å². The van der Waals surface area contributed by atoms with Crippen LogP contribution in [0.25, 0.3) is 0 Å². The molecule has 0 saturated heterocycles. The molecule has 0 saturated carbocycles. The van der Waals surface area contributed by atoms with Gasteiger partial charge in [-0.2, -0.15) is 0 Å². The number of aliphatic hydroxyl groups excluding tert-OH is 2. The first-order valence-corrected chi connectivity index (χ1v) is 4.52. The second-order valence-corrected chi connectivity index (χ2v) is 2.89. The predicted molar refractivity (Wildman–Crippen MR) is 49.3 cm³/mol. The Morgan fingerprint density at radius 2 is 2.15 bits per heavy atom. The first-order valence-electron chi connectivity index (χ1n) is 4.52. The number of allylic oxidation sites excluding steroid dienone is 1. The third-order valence-corrected chi connectivity index (χ3v) is 1.74. The average Bonchev–Trinajstić information content (AvgIpc) is 2.17. The van der Waals surface area contributed by atoms with Crippen molar-refractivity contribution in [3.05, 3.63) is 12.2 Å². The largest absolute Gasteiger partial charge is 0.394 e. The van der Waals surface area contributed by atoms with E-state index >= 15 is 0 Å². The van der Waals surface area contributed by atoms with Crippen LogP contribution < -0.4 is 0 Å². The molecule has 2 atom stereocenters. The number of hydrogen-bond donors (Lipinski definition) is 3. The van der Waals surface area contributed by atoms with Crippen molar-refractivity contribution in [1.82, 2.24) is 0 Å². The molecule has 0 amide bonds. The average molecular weight is 190 g/mol. The fourth-order valence-electron chi connectivity index (χ4n) is 0.890. The highest BCUT2D eigenvalue weighted by Gasteiger charge is 2.15. The zero-order valence-electron chi connectivity index (χ0n) is 7.89. The van der Waals surface area contributed by atoms with Crippen LogP contribution in [0.2, 0.25) is 0 Å². The zero-order chi connectivity index (χ0) is 10.1. The van der Waals surface area contributed by atoms with Crippen LogP contribution in [0.1, 0.15) is 26.2 Å². The van der Waals surface area contributed by atoms with Crippen molar-refractivity contribution in [2.75, 3.05) is 6.61 Å². The van der Waals surface area contributed by atoms with Gasteiger partial charge in [-0.25, -0.2) is 4.89 Å². The lowest BCUT2D eigenvalue weighted by atomic mass is 10.1. The minimum Gasteiger partial charge on any atom is -0.394 e. The molecule has 0 aliphatic rings. The summed E-state index contributed by atoms with van der Waals surface area (Å²) in [5.74, 6) is 0. The van der Waals surface area contributed by atoms with Crippen molar-refractivity contribution < 1.29 is 20.4 Å². The van der Waals surface area contributed by atoms with Crippen LogP contribution in [0.15, 0.2) is 12.2 Å². The molecule has 0 aromatic carbocycles. The van der Waals surface area contributed by atoms with E-state index in [9.17, 15) is 0 Å². The van der Waals surface area contributed by atoms with Gasteiger partial charge in [-0.3, -0.25) is 5.26 Å². The van der Waals surface area contributed by atoms with Gasteiger partial charge < -0.3 is 10.2 Å². The van der Waals surface area contributed by atoms with E-state index in [0.29, 0.717) is 0 Å². The van der Waals surface area contributed by atoms with Crippen LogP contribution in [0, 0.1) is 0 Å². The molecule has 3 N–H and O–H groups in total. The maximum absolute atomic E-state index is 9.09. The van der Waals surface area contributed by atoms with Crippen molar-refractivity contribution in [3.8, 4) is 0 Å². The van der Waals surface area contributed by atoms with Gasteiger partial charge in [0.15, 0.2) is 0 Å². The van der Waals surface area contributed by atoms with Crippen LogP contribution in [0.4, 0.5) is 0 Å². The van der Waals surface area contributed by atoms with Gasteiger partial charge in [-0.05, 0) is 6.42 Å². The third kappa shape index (κ3) is 5.76. The summed E-state index contributed by atoms with van der Waals surface area (Å²) >= 11 is 0. The highest BCUT2D eigenvalue weighted by Crippen LogP contribution is 2.02. The summed E-state index contributed by atoms with van der Waals surface area (Å²) in [6.07, 6.45) is 4.51. The number of unbranched alkanes of at least 4 members (excludes halogenated alkanes) is 2. The molecule has 0 heterocycles. The molecule has 0 aliphatic carbocycles. The maximum atomic E-state index is 9.09. The van der Waals surface area contributed by atoms with Gasteiger partial charge in [0.25, 0.3) is 0 Å². The van der Waals surface area contributed by atoms with E-state index in [1.165, 1.54) is 0 Å². The summed E-state index contributed by atoms with van der Waals surface area (Å²) in [6.45, 7) is 1.65. The second-order valence-electron chi connectivity index (χ2n) is 2.89. The molecule has 0 bridgehead atoms. The topological polar surface area (TPSA) is 69.9 Å². The highest BCUT2D eigenvalue weighted by molar-refractivity contribution is 4.92. The zero-order valence-corrected chi connectivity index (χ0v) is 7.89. The van der Waals surface area contributed by atoms with E-state index in [1.54, 1.807) is 6.08 Å². The first-order chi connectivity index (χ1) is 6.26. The lowest BCUT2D eigenvalue weighted by molar-refractivity contribution is -0.285. The monoisotopic (exact) mass is 190 g/mol. The maximum Gasteiger partial charge on any atom is 0.139 e. The van der Waals surface area contributed by atoms with Gasteiger partial charge in [-0.15, -0.1) is 0 Å². The Labute approximate surface area is 78.4 Å². The number of aliphatic hydroxyl groups is 2. The summed E-state index contributed by atoms with van der Waals surface area (Å²) in [5, 5.41) is 26.0. The van der Waals surface area contributed by atoms with Gasteiger partial charge in [0.1, 0.15) is 12.2 Å². The van der Waals surface area contributed by atoms with Gasteiger partial charge in [0.2, 0.25) is 0 Å². The molecule has 0 unspecified atom stereocenters. The van der Waals surface area contributed by atoms with Crippen molar-refractivity contribution in [2.24, 2.45) is 0 Å². The van der Waals surface area contributed by atoms with Gasteiger partial charge in [0, 0.05) is 0 Å². The van der Waals surface area contributed by atoms with Gasteiger partial charge in [-0.1, -0.05) is 31.9 Å². The summed E-state index contributed by atoms with van der Waals surface area (Å²) in [4.78, 5) is 3.99. The van der Waals surface area contributed by atoms with Crippen molar-refractivity contribution >= 4 is 0 Å². The normalized spacial score (nSPS) is 16.3. The molecule has 78 valence electrons. The number of rotatable bonds is 7. The fraction of sp³-hybridized carbons (Fsp3) is 0.778. The Hall–Kier alpha value is -0.420. The molecule has 0 fully saturated rings. The molecule has 0 radical (unpaired) electrons. The Bertz CT molecular complexity index is 136. The minimum absolute atomic E-state index is 0.427. The van der Waals surface area contributed by atoms with Crippen LogP contribution >= 0.6 is 0 Å². The second kappa shape index (κ2) is 8.19. The molecule has 13 heavy (non-hydrogen) atoms. The molecule has 0 aromatic rings. The molecule has 0 spiro atoms. The molecule has 0 aromatic heterocycles. The van der Waals surface area contributed by atoms with Gasteiger partial charge >= 0.3 is 0 Å². The summed E-state index contributed by atoms with van der Waals surface area (Å²) in [7, 11) is 0. The number of hydrogen-bond acceptors (Lipinski definition) is 4. The molecular formula is C9H18O4. The van der Waals surface area contributed by atoms with Crippen molar-refractivity contribution in [2.45, 2.75) is 38.4 Å². The van der Waals surface area contributed by atoms with Gasteiger partial charge in [0.05, 0.1) is 6.61 Å². The first kappa shape index (κ1) is 12.6. The third-order valence-electron chi connectivity index (χ3n) is 1.74. The molecular weight excluding hydrogens is 172 g/mol. The van der Waals surface area contributed by atoms with Crippen molar-refractivity contribution in [3.63, 3.8) is 0 Å². The SMILES string of the molecule is CCCC/C=C/[C@@H](OO)[C@H](O)CO. The Balaban J connectivity index is 3.75. The van der Waals surface area contributed by atoms with Crippen LogP contribution in [-0.2, 0) is 4.89 Å². The Morgan fingerprint density at radius 3 is 2.62 bits per heavy atom. The molecule has 0 rings (SSSR count). The Kier molecular flexibility index (Phi) is 7.93. The highest BCUT2D eigenvalue weighted by atomic mass is 17.1. The quantitative estimate of drug-likeness (QED) is 0.242. The predicted octanol–water partition coefficient (Wildman–Crippen LogP) is 0.944. The van der Waals surface area contributed by atoms with Crippen LogP contribution in [-0.4, -0.2) is 34.3 Å². The smallest absolute Gasteiger partial charge is 0.139 e. The van der Waals surface area contributed by atoms with E-state index in [0.717, 1.165) is 19.3 Å². The summed E-state index contributed by atoms with van der Waals surface area (Å²) < 4.78 is 0. The summed E-state index contributed by atoms with van der Waals surface area (Å²) in [6, 6.07) is 0. The molecule has 0 aliphatic heterocycles. The van der Waals surface area contributed by atoms with E-state index in [4.69, 9.17) is 15.5 Å². The fourth-order valence-corrected chi connectivity index (χ4v) is 0.890. The van der Waals surface area contributed by atoms with Crippen molar-refractivity contribution in [1.29, 1.82) is 0 Å². The van der Waals surface area contributed by atoms with E-state index in [2.05, 4.69) is 11.8 Å².